The van der Waals surface area contributed by atoms with Crippen LogP contribution in [0.25, 0.3) is 0 Å². The first-order valence-corrected chi connectivity index (χ1v) is 8.15. The van der Waals surface area contributed by atoms with Gasteiger partial charge in [0.2, 0.25) is 5.91 Å². The number of thiophene rings is 1. The summed E-state index contributed by atoms with van der Waals surface area (Å²) in [5.74, 6) is -0.0517. The van der Waals surface area contributed by atoms with Gasteiger partial charge in [-0.2, -0.15) is 0 Å². The van der Waals surface area contributed by atoms with Gasteiger partial charge in [0.1, 0.15) is 5.41 Å². The number of nitrogens with two attached hydrogens (primary N) is 1. The van der Waals surface area contributed by atoms with Crippen molar-refractivity contribution < 1.29 is 10.0 Å². The van der Waals surface area contributed by atoms with Crippen LogP contribution >= 0.6 is 11.3 Å². The van der Waals surface area contributed by atoms with E-state index in [-0.39, 0.29) is 11.7 Å². The van der Waals surface area contributed by atoms with Crippen LogP contribution in [0.4, 0.5) is 0 Å². The molecule has 1 aromatic heterocycles. The van der Waals surface area contributed by atoms with Gasteiger partial charge >= 0.3 is 0 Å². The molecule has 0 spiro atoms. The van der Waals surface area contributed by atoms with Crippen molar-refractivity contribution in [3.8, 4) is 0 Å². The van der Waals surface area contributed by atoms with E-state index < -0.39 is 5.41 Å². The molecule has 0 aliphatic carbocycles. The number of hydrogen-bond donors (Lipinski definition) is 2. The molecule has 0 aromatic carbocycles. The third-order valence-electron chi connectivity index (χ3n) is 3.68. The maximum absolute atomic E-state index is 12.9. The smallest absolute Gasteiger partial charge is 0.236 e. The Bertz CT molecular complexity index is 465. The molecule has 0 bridgehead atoms. The zero-order valence-corrected chi connectivity index (χ0v) is 13.8. The van der Waals surface area contributed by atoms with Gasteiger partial charge in [-0.15, -0.1) is 11.3 Å². The molecule has 0 radical (unpaired) electrons. The molecule has 6 heteroatoms. The van der Waals surface area contributed by atoms with E-state index in [1.807, 2.05) is 31.4 Å². The van der Waals surface area contributed by atoms with E-state index in [2.05, 4.69) is 5.16 Å². The third-order valence-corrected chi connectivity index (χ3v) is 4.54. The van der Waals surface area contributed by atoms with Gasteiger partial charge in [0, 0.05) is 11.9 Å². The van der Waals surface area contributed by atoms with Crippen molar-refractivity contribution in [2.75, 3.05) is 7.05 Å². The van der Waals surface area contributed by atoms with Gasteiger partial charge < -0.3 is 15.8 Å². The van der Waals surface area contributed by atoms with E-state index >= 15 is 0 Å². The molecule has 0 saturated heterocycles. The molecular weight excluding hydrogens is 286 g/mol. The van der Waals surface area contributed by atoms with E-state index in [1.54, 1.807) is 23.3 Å². The number of amides is 1. The standard InChI is InChI=1S/C15H25N3O2S/c1-4-8-15(9-5-2,13(16)17-20)14(19)18(3)11-12-7-6-10-21-12/h6-7,10,20H,4-5,8-9,11H2,1-3H3,(H2,16,17). The highest BCUT2D eigenvalue weighted by Crippen LogP contribution is 2.33. The summed E-state index contributed by atoms with van der Waals surface area (Å²) in [6.45, 7) is 4.55. The van der Waals surface area contributed by atoms with E-state index in [9.17, 15) is 4.79 Å². The minimum Gasteiger partial charge on any atom is -0.409 e. The molecule has 1 rings (SSSR count). The topological polar surface area (TPSA) is 78.9 Å². The Morgan fingerprint density at radius 1 is 1.43 bits per heavy atom. The molecule has 5 nitrogen and oxygen atoms in total. The van der Waals surface area contributed by atoms with Gasteiger partial charge in [-0.25, -0.2) is 0 Å². The lowest BCUT2D eigenvalue weighted by Gasteiger charge is -2.34. The van der Waals surface area contributed by atoms with Crippen LogP contribution in [0.2, 0.25) is 0 Å². The highest BCUT2D eigenvalue weighted by molar-refractivity contribution is 7.09. The molecule has 0 fully saturated rings. The average Bonchev–Trinajstić information content (AvgIpc) is 2.98. The summed E-state index contributed by atoms with van der Waals surface area (Å²) in [4.78, 5) is 15.7. The third kappa shape index (κ3) is 3.97. The minimum atomic E-state index is -0.899. The van der Waals surface area contributed by atoms with Crippen molar-refractivity contribution >= 4 is 23.1 Å². The second kappa shape index (κ2) is 8.02. The molecule has 0 aliphatic heterocycles. The molecule has 0 unspecified atom stereocenters. The predicted molar refractivity (Wildman–Crippen MR) is 86.5 cm³/mol. The molecule has 0 saturated carbocycles. The zero-order valence-electron chi connectivity index (χ0n) is 13.0. The SMILES string of the molecule is CCCC(CCC)(C(=O)N(C)Cc1cccs1)C(N)=NO. The van der Waals surface area contributed by atoms with Crippen molar-refractivity contribution in [2.24, 2.45) is 16.3 Å². The summed E-state index contributed by atoms with van der Waals surface area (Å²) in [7, 11) is 1.77. The van der Waals surface area contributed by atoms with Crippen molar-refractivity contribution in [2.45, 2.75) is 46.1 Å². The van der Waals surface area contributed by atoms with E-state index in [0.717, 1.165) is 17.7 Å². The van der Waals surface area contributed by atoms with E-state index in [0.29, 0.717) is 19.4 Å². The van der Waals surface area contributed by atoms with Crippen molar-refractivity contribution in [1.29, 1.82) is 0 Å². The van der Waals surface area contributed by atoms with Crippen molar-refractivity contribution in [3.05, 3.63) is 22.4 Å². The van der Waals surface area contributed by atoms with E-state index in [4.69, 9.17) is 10.9 Å². The zero-order chi connectivity index (χ0) is 15.9. The highest BCUT2D eigenvalue weighted by Gasteiger charge is 2.43. The predicted octanol–water partition coefficient (Wildman–Crippen LogP) is 3.04. The lowest BCUT2D eigenvalue weighted by molar-refractivity contribution is -0.138. The Balaban J connectivity index is 3.02. The van der Waals surface area contributed by atoms with Gasteiger partial charge in [-0.3, -0.25) is 4.79 Å². The number of hydrogen-bond acceptors (Lipinski definition) is 4. The first-order chi connectivity index (χ1) is 10.0. The number of amidine groups is 1. The Labute approximate surface area is 130 Å². The summed E-state index contributed by atoms with van der Waals surface area (Å²) in [5.41, 5.74) is 4.99. The second-order valence-corrected chi connectivity index (χ2v) is 6.34. The molecule has 3 N–H and O–H groups in total. The molecule has 1 heterocycles. The Hall–Kier alpha value is -1.56. The molecule has 21 heavy (non-hydrogen) atoms. The Kier molecular flexibility index (Phi) is 6.68. The van der Waals surface area contributed by atoms with Crippen LogP contribution in [0.3, 0.4) is 0 Å². The second-order valence-electron chi connectivity index (χ2n) is 5.31. The number of rotatable bonds is 8. The van der Waals surface area contributed by atoms with Crippen molar-refractivity contribution in [1.82, 2.24) is 4.90 Å². The Morgan fingerprint density at radius 2 is 2.05 bits per heavy atom. The molecule has 118 valence electrons. The maximum atomic E-state index is 12.9. The van der Waals surface area contributed by atoms with Crippen LogP contribution in [-0.4, -0.2) is 28.9 Å². The fourth-order valence-corrected chi connectivity index (χ4v) is 3.48. The lowest BCUT2D eigenvalue weighted by atomic mass is 9.76. The lowest BCUT2D eigenvalue weighted by Crippen LogP contribution is -2.50. The quantitative estimate of drug-likeness (QED) is 0.335. The monoisotopic (exact) mass is 311 g/mol. The molecule has 0 aliphatic rings. The molecule has 1 aromatic rings. The average molecular weight is 311 g/mol. The number of carbonyl (C=O) groups excluding carboxylic acids is 1. The van der Waals surface area contributed by atoms with Crippen molar-refractivity contribution in [3.63, 3.8) is 0 Å². The number of carbonyl (C=O) groups is 1. The summed E-state index contributed by atoms with van der Waals surface area (Å²) in [6.07, 6.45) is 2.78. The number of nitrogens with zero attached hydrogens (tertiary/aromatic N) is 2. The first kappa shape index (κ1) is 17.5. The summed E-state index contributed by atoms with van der Waals surface area (Å²) in [5, 5.41) is 14.2. The first-order valence-electron chi connectivity index (χ1n) is 7.27. The van der Waals surface area contributed by atoms with Gasteiger partial charge in [0.15, 0.2) is 5.84 Å². The van der Waals surface area contributed by atoms with Gasteiger partial charge in [-0.05, 0) is 24.3 Å². The molecule has 0 atom stereocenters. The maximum Gasteiger partial charge on any atom is 0.236 e. The normalized spacial score (nSPS) is 12.4. The van der Waals surface area contributed by atoms with Crippen LogP contribution in [0.5, 0.6) is 0 Å². The van der Waals surface area contributed by atoms with Crippen LogP contribution in [-0.2, 0) is 11.3 Å². The van der Waals surface area contributed by atoms with Crippen LogP contribution in [0.15, 0.2) is 22.7 Å². The highest BCUT2D eigenvalue weighted by atomic mass is 32.1. The van der Waals surface area contributed by atoms with Crippen LogP contribution < -0.4 is 5.73 Å². The Morgan fingerprint density at radius 3 is 2.48 bits per heavy atom. The fourth-order valence-electron chi connectivity index (χ4n) is 2.73. The van der Waals surface area contributed by atoms with Gasteiger partial charge in [0.25, 0.3) is 0 Å². The van der Waals surface area contributed by atoms with Crippen LogP contribution in [0, 0.1) is 5.41 Å². The fraction of sp³-hybridized carbons (Fsp3) is 0.600. The van der Waals surface area contributed by atoms with E-state index in [1.165, 1.54) is 0 Å². The summed E-state index contributed by atoms with van der Waals surface area (Å²) in [6, 6.07) is 3.96. The van der Waals surface area contributed by atoms with Crippen LogP contribution in [0.1, 0.15) is 44.4 Å². The van der Waals surface area contributed by atoms with Gasteiger partial charge in [0.05, 0.1) is 6.54 Å². The summed E-state index contributed by atoms with van der Waals surface area (Å²) >= 11 is 1.62. The van der Waals surface area contributed by atoms with Gasteiger partial charge in [-0.1, -0.05) is 37.9 Å². The molecule has 1 amide bonds. The largest absolute Gasteiger partial charge is 0.409 e. The number of oxime groups is 1. The molecular formula is C15H25N3O2S. The summed E-state index contributed by atoms with van der Waals surface area (Å²) < 4.78 is 0. The minimum absolute atomic E-state index is 0.0224.